The molecule has 1 atom stereocenters. The van der Waals surface area contributed by atoms with Crippen LogP contribution < -0.4 is 10.0 Å². The lowest BCUT2D eigenvalue weighted by Crippen LogP contribution is -2.67. The van der Waals surface area contributed by atoms with Gasteiger partial charge in [0.1, 0.15) is 0 Å². The van der Waals surface area contributed by atoms with E-state index in [4.69, 9.17) is 5.73 Å². The Hall–Kier alpha value is -1.40. The number of carbonyl (C=O) groups is 1. The molecule has 18 heavy (non-hydrogen) atoms. The molecule has 1 aromatic carbocycles. The third-order valence-electron chi connectivity index (χ3n) is 3.22. The molecule has 0 spiro atoms. The van der Waals surface area contributed by atoms with Gasteiger partial charge in [-0.05, 0) is 38.5 Å². The molecule has 0 radical (unpaired) electrons. The largest absolute Gasteiger partial charge is 0.324 e. The number of nitrogens with two attached hydrogens (primary N) is 1. The molecule has 1 amide bonds. The molecule has 0 aliphatic carbocycles. The standard InChI is InChI=1S/C12H16N2O3S/c1-8(13)9-5-4-6-10(7-9)14-11(15)12(2,3)18(14,16)17/h4-8H,13H2,1-3H3. The molecule has 1 unspecified atom stereocenters. The van der Waals surface area contributed by atoms with Crippen molar-refractivity contribution in [2.75, 3.05) is 4.31 Å². The number of sulfonamides is 1. The molecule has 2 N–H and O–H groups in total. The lowest BCUT2D eigenvalue weighted by atomic mass is 10.1. The maximum atomic E-state index is 12.0. The highest BCUT2D eigenvalue weighted by molar-refractivity contribution is 7.98. The zero-order valence-electron chi connectivity index (χ0n) is 10.5. The molecular formula is C12H16N2O3S. The fourth-order valence-electron chi connectivity index (χ4n) is 1.84. The molecule has 0 saturated carbocycles. The zero-order valence-corrected chi connectivity index (χ0v) is 11.4. The molecule has 1 aliphatic rings. The lowest BCUT2D eigenvalue weighted by molar-refractivity contribution is -0.120. The summed E-state index contributed by atoms with van der Waals surface area (Å²) in [5.41, 5.74) is 6.89. The monoisotopic (exact) mass is 268 g/mol. The quantitative estimate of drug-likeness (QED) is 0.872. The van der Waals surface area contributed by atoms with Gasteiger partial charge in [-0.15, -0.1) is 0 Å². The van der Waals surface area contributed by atoms with E-state index in [1.807, 2.05) is 0 Å². The van der Waals surface area contributed by atoms with Gasteiger partial charge < -0.3 is 5.73 Å². The van der Waals surface area contributed by atoms with Gasteiger partial charge in [-0.1, -0.05) is 12.1 Å². The first-order valence-electron chi connectivity index (χ1n) is 5.64. The van der Waals surface area contributed by atoms with Crippen LogP contribution >= 0.6 is 0 Å². The molecule has 5 nitrogen and oxygen atoms in total. The van der Waals surface area contributed by atoms with Gasteiger partial charge in [0.25, 0.3) is 15.9 Å². The van der Waals surface area contributed by atoms with Crippen molar-refractivity contribution in [3.05, 3.63) is 29.8 Å². The summed E-state index contributed by atoms with van der Waals surface area (Å²) in [4.78, 5) is 11.9. The summed E-state index contributed by atoms with van der Waals surface area (Å²) >= 11 is 0. The van der Waals surface area contributed by atoms with Gasteiger partial charge in [0, 0.05) is 6.04 Å². The molecule has 0 aromatic heterocycles. The summed E-state index contributed by atoms with van der Waals surface area (Å²) < 4.78 is 23.6. The zero-order chi connectivity index (χ0) is 13.7. The number of hydrogen-bond acceptors (Lipinski definition) is 4. The molecule has 0 bridgehead atoms. The van der Waals surface area contributed by atoms with Gasteiger partial charge in [0.15, 0.2) is 4.75 Å². The smallest absolute Gasteiger partial charge is 0.263 e. The number of anilines is 1. The van der Waals surface area contributed by atoms with Gasteiger partial charge >= 0.3 is 0 Å². The van der Waals surface area contributed by atoms with E-state index in [9.17, 15) is 13.2 Å². The third kappa shape index (κ3) is 1.56. The van der Waals surface area contributed by atoms with E-state index < -0.39 is 20.7 Å². The van der Waals surface area contributed by atoms with E-state index >= 15 is 0 Å². The highest BCUT2D eigenvalue weighted by Gasteiger charge is 2.60. The van der Waals surface area contributed by atoms with E-state index in [0.29, 0.717) is 5.69 Å². The first kappa shape index (κ1) is 13.0. The number of hydrogen-bond donors (Lipinski definition) is 1. The van der Waals surface area contributed by atoms with Crippen LogP contribution in [-0.4, -0.2) is 19.1 Å². The Morgan fingerprint density at radius 2 is 1.94 bits per heavy atom. The second kappa shape index (κ2) is 3.80. The SMILES string of the molecule is CC(N)c1cccc(N2C(=O)C(C)(C)S2(=O)=O)c1. The van der Waals surface area contributed by atoms with Gasteiger partial charge in [0.05, 0.1) is 5.69 Å². The Labute approximate surface area is 107 Å². The van der Waals surface area contributed by atoms with Crippen LogP contribution in [0, 0.1) is 0 Å². The number of carbonyl (C=O) groups excluding carboxylic acids is 1. The van der Waals surface area contributed by atoms with Crippen LogP contribution in [0.2, 0.25) is 0 Å². The van der Waals surface area contributed by atoms with Crippen molar-refractivity contribution in [1.29, 1.82) is 0 Å². The van der Waals surface area contributed by atoms with Crippen molar-refractivity contribution in [2.45, 2.75) is 31.6 Å². The predicted octanol–water partition coefficient (Wildman–Crippen LogP) is 1.16. The Morgan fingerprint density at radius 1 is 1.33 bits per heavy atom. The number of benzene rings is 1. The van der Waals surface area contributed by atoms with Gasteiger partial charge in [-0.25, -0.2) is 12.7 Å². The van der Waals surface area contributed by atoms with Crippen molar-refractivity contribution in [1.82, 2.24) is 0 Å². The van der Waals surface area contributed by atoms with Crippen LogP contribution in [-0.2, 0) is 14.8 Å². The minimum atomic E-state index is -3.60. The summed E-state index contributed by atoms with van der Waals surface area (Å²) in [6, 6.07) is 6.52. The topological polar surface area (TPSA) is 80.5 Å². The number of rotatable bonds is 2. The summed E-state index contributed by atoms with van der Waals surface area (Å²) in [7, 11) is -3.60. The highest BCUT2D eigenvalue weighted by Crippen LogP contribution is 2.39. The van der Waals surface area contributed by atoms with Crippen LogP contribution in [0.15, 0.2) is 24.3 Å². The van der Waals surface area contributed by atoms with Crippen molar-refractivity contribution in [3.63, 3.8) is 0 Å². The van der Waals surface area contributed by atoms with Crippen molar-refractivity contribution >= 4 is 21.6 Å². The minimum absolute atomic E-state index is 0.211. The molecule has 1 aromatic rings. The summed E-state index contributed by atoms with van der Waals surface area (Å²) in [6.07, 6.45) is 0. The molecule has 1 fully saturated rings. The van der Waals surface area contributed by atoms with E-state index in [1.54, 1.807) is 31.2 Å². The summed E-state index contributed by atoms with van der Waals surface area (Å²) in [5.74, 6) is -0.413. The molecule has 1 saturated heterocycles. The molecule has 1 aliphatic heterocycles. The fraction of sp³-hybridized carbons (Fsp3) is 0.417. The maximum Gasteiger partial charge on any atom is 0.263 e. The highest BCUT2D eigenvalue weighted by atomic mass is 32.2. The lowest BCUT2D eigenvalue weighted by Gasteiger charge is -2.43. The first-order chi connectivity index (χ1) is 8.19. The Morgan fingerprint density at radius 3 is 2.44 bits per heavy atom. The fourth-order valence-corrected chi connectivity index (χ4v) is 3.32. The maximum absolute atomic E-state index is 12.0. The second-order valence-electron chi connectivity index (χ2n) is 4.97. The van der Waals surface area contributed by atoms with Crippen LogP contribution in [0.1, 0.15) is 32.4 Å². The molecule has 6 heteroatoms. The van der Waals surface area contributed by atoms with E-state index in [0.717, 1.165) is 9.87 Å². The van der Waals surface area contributed by atoms with Crippen LogP contribution in [0.4, 0.5) is 5.69 Å². The van der Waals surface area contributed by atoms with E-state index in [1.165, 1.54) is 13.8 Å². The van der Waals surface area contributed by atoms with Crippen LogP contribution in [0.5, 0.6) is 0 Å². The first-order valence-corrected chi connectivity index (χ1v) is 7.08. The van der Waals surface area contributed by atoms with Gasteiger partial charge in [-0.3, -0.25) is 4.79 Å². The average Bonchev–Trinajstić information content (AvgIpc) is 2.29. The summed E-state index contributed by atoms with van der Waals surface area (Å²) in [5, 5.41) is 0. The Balaban J connectivity index is 2.46. The Kier molecular flexibility index (Phi) is 2.75. The molecular weight excluding hydrogens is 252 g/mol. The van der Waals surface area contributed by atoms with Crippen LogP contribution in [0.3, 0.4) is 0 Å². The van der Waals surface area contributed by atoms with Crippen LogP contribution in [0.25, 0.3) is 0 Å². The number of amides is 1. The predicted molar refractivity (Wildman–Crippen MR) is 69.5 cm³/mol. The normalized spacial score (nSPS) is 22.4. The third-order valence-corrected chi connectivity index (χ3v) is 5.54. The van der Waals surface area contributed by atoms with Crippen molar-refractivity contribution in [3.8, 4) is 0 Å². The summed E-state index contributed by atoms with van der Waals surface area (Å²) in [6.45, 7) is 4.63. The molecule has 98 valence electrons. The minimum Gasteiger partial charge on any atom is -0.324 e. The molecule has 2 rings (SSSR count). The number of nitrogens with zero attached hydrogens (tertiary/aromatic N) is 1. The van der Waals surface area contributed by atoms with Gasteiger partial charge in [-0.2, -0.15) is 0 Å². The van der Waals surface area contributed by atoms with E-state index in [-0.39, 0.29) is 6.04 Å². The average molecular weight is 268 g/mol. The second-order valence-corrected chi connectivity index (χ2v) is 7.30. The Bertz CT molecular complexity index is 606. The van der Waals surface area contributed by atoms with Crippen molar-refractivity contribution in [2.24, 2.45) is 5.73 Å². The van der Waals surface area contributed by atoms with Crippen molar-refractivity contribution < 1.29 is 13.2 Å². The van der Waals surface area contributed by atoms with E-state index in [2.05, 4.69) is 0 Å². The van der Waals surface area contributed by atoms with Gasteiger partial charge in [0.2, 0.25) is 0 Å². The molecule has 1 heterocycles.